The molecule has 1 atom stereocenters. The van der Waals surface area contributed by atoms with Crippen LogP contribution in [0.2, 0.25) is 0 Å². The molecule has 1 unspecified atom stereocenters. The first-order valence-electron chi connectivity index (χ1n) is 8.30. The molecule has 0 aromatic rings. The van der Waals surface area contributed by atoms with Crippen LogP contribution in [-0.4, -0.2) is 38.4 Å². The van der Waals surface area contributed by atoms with Crippen LogP contribution in [0.25, 0.3) is 0 Å². The highest BCUT2D eigenvalue weighted by atomic mass is 35.5. The van der Waals surface area contributed by atoms with Gasteiger partial charge in [0.05, 0.1) is 6.26 Å². The van der Waals surface area contributed by atoms with Crippen LogP contribution in [0.3, 0.4) is 0 Å². The molecule has 2 aliphatic carbocycles. The summed E-state index contributed by atoms with van der Waals surface area (Å²) in [7, 11) is 4.21. The first-order chi connectivity index (χ1) is 11.6. The van der Waals surface area contributed by atoms with Gasteiger partial charge in [0.1, 0.15) is 6.10 Å². The summed E-state index contributed by atoms with van der Waals surface area (Å²) >= 11 is 6.17. The summed E-state index contributed by atoms with van der Waals surface area (Å²) in [5.74, 6) is 0. The van der Waals surface area contributed by atoms with Crippen molar-refractivity contribution in [1.29, 1.82) is 0 Å². The lowest BCUT2D eigenvalue weighted by atomic mass is 9.81. The molecule has 0 saturated heterocycles. The van der Waals surface area contributed by atoms with Crippen molar-refractivity contribution in [2.24, 2.45) is 0 Å². The number of nitrogens with zero attached hydrogens (tertiary/aromatic N) is 1. The van der Waals surface area contributed by atoms with Crippen molar-refractivity contribution in [2.45, 2.75) is 25.9 Å². The summed E-state index contributed by atoms with van der Waals surface area (Å²) in [6.07, 6.45) is 13.9. The van der Waals surface area contributed by atoms with E-state index in [9.17, 15) is 0 Å². The van der Waals surface area contributed by atoms with Crippen molar-refractivity contribution in [3.63, 3.8) is 0 Å². The highest BCUT2D eigenvalue weighted by molar-refractivity contribution is 6.31. The topological polar surface area (TPSA) is 21.7 Å². The molecule has 3 rings (SSSR count). The average molecular weight is 346 g/mol. The molecule has 0 aromatic carbocycles. The number of halogens is 1. The van der Waals surface area contributed by atoms with Gasteiger partial charge < -0.3 is 14.4 Å². The predicted molar refractivity (Wildman–Crippen MR) is 98.6 cm³/mol. The number of rotatable bonds is 3. The Bertz CT molecular complexity index is 692. The largest absolute Gasteiger partial charge is 0.474 e. The maximum atomic E-state index is 6.17. The molecule has 0 aromatic heterocycles. The minimum Gasteiger partial charge on any atom is -0.474 e. The van der Waals surface area contributed by atoms with E-state index in [2.05, 4.69) is 44.1 Å². The molecule has 3 nitrogen and oxygen atoms in total. The van der Waals surface area contributed by atoms with Crippen LogP contribution < -0.4 is 0 Å². The van der Waals surface area contributed by atoms with Gasteiger partial charge in [-0.05, 0) is 62.7 Å². The first-order valence-corrected chi connectivity index (χ1v) is 8.67. The maximum absolute atomic E-state index is 6.17. The molecule has 1 aliphatic heterocycles. The second-order valence-electron chi connectivity index (χ2n) is 6.58. The van der Waals surface area contributed by atoms with Gasteiger partial charge in [0.15, 0.2) is 6.79 Å². The third kappa shape index (κ3) is 3.75. The lowest BCUT2D eigenvalue weighted by Gasteiger charge is -2.29. The fraction of sp³-hybridized carbons (Fsp3) is 0.400. The summed E-state index contributed by atoms with van der Waals surface area (Å²) in [6, 6.07) is 0. The van der Waals surface area contributed by atoms with Gasteiger partial charge in [0, 0.05) is 17.2 Å². The zero-order chi connectivity index (χ0) is 17.1. The maximum Gasteiger partial charge on any atom is 0.189 e. The first kappa shape index (κ1) is 17.3. The smallest absolute Gasteiger partial charge is 0.189 e. The van der Waals surface area contributed by atoms with Crippen LogP contribution in [0.4, 0.5) is 0 Å². The Labute approximate surface area is 149 Å². The number of hydrogen-bond acceptors (Lipinski definition) is 3. The Morgan fingerprint density at radius 3 is 2.92 bits per heavy atom. The van der Waals surface area contributed by atoms with Gasteiger partial charge >= 0.3 is 0 Å². The fourth-order valence-corrected chi connectivity index (χ4v) is 3.36. The summed E-state index contributed by atoms with van der Waals surface area (Å²) in [5, 5.41) is 0.705. The molecule has 0 N–H and O–H groups in total. The minimum absolute atomic E-state index is 0.163. The van der Waals surface area contributed by atoms with Crippen LogP contribution >= 0.6 is 11.6 Å². The van der Waals surface area contributed by atoms with E-state index < -0.39 is 0 Å². The Morgan fingerprint density at radius 1 is 1.29 bits per heavy atom. The molecule has 128 valence electrons. The Balaban J connectivity index is 2.09. The fourth-order valence-electron chi connectivity index (χ4n) is 3.19. The van der Waals surface area contributed by atoms with Gasteiger partial charge in [-0.1, -0.05) is 35.4 Å². The van der Waals surface area contributed by atoms with Gasteiger partial charge in [-0.2, -0.15) is 0 Å². The molecule has 24 heavy (non-hydrogen) atoms. The lowest BCUT2D eigenvalue weighted by Crippen LogP contribution is -2.22. The highest BCUT2D eigenvalue weighted by Gasteiger charge is 2.26. The van der Waals surface area contributed by atoms with Crippen molar-refractivity contribution in [2.75, 3.05) is 27.4 Å². The molecule has 1 heterocycles. The Hall–Kier alpha value is -1.55. The highest BCUT2D eigenvalue weighted by Crippen LogP contribution is 2.38. The zero-order valence-corrected chi connectivity index (χ0v) is 15.3. The minimum atomic E-state index is -0.163. The van der Waals surface area contributed by atoms with Crippen molar-refractivity contribution in [3.8, 4) is 0 Å². The summed E-state index contributed by atoms with van der Waals surface area (Å²) in [4.78, 5) is 2.22. The van der Waals surface area contributed by atoms with Crippen LogP contribution in [-0.2, 0) is 9.47 Å². The van der Waals surface area contributed by atoms with E-state index in [1.54, 1.807) is 6.26 Å². The quantitative estimate of drug-likeness (QED) is 0.753. The Kier molecular flexibility index (Phi) is 5.44. The van der Waals surface area contributed by atoms with Crippen LogP contribution in [0.5, 0.6) is 0 Å². The lowest BCUT2D eigenvalue weighted by molar-refractivity contribution is -0.0280. The van der Waals surface area contributed by atoms with E-state index in [1.165, 1.54) is 16.7 Å². The van der Waals surface area contributed by atoms with Gasteiger partial charge in [0.25, 0.3) is 0 Å². The van der Waals surface area contributed by atoms with Crippen LogP contribution in [0.15, 0.2) is 69.5 Å². The molecule has 3 aliphatic rings. The molecular formula is C20H24ClNO2. The van der Waals surface area contributed by atoms with Gasteiger partial charge in [-0.3, -0.25) is 0 Å². The molecule has 0 fully saturated rings. The van der Waals surface area contributed by atoms with E-state index in [0.717, 1.165) is 30.5 Å². The molecule has 0 saturated carbocycles. The van der Waals surface area contributed by atoms with Crippen LogP contribution in [0.1, 0.15) is 19.8 Å². The number of hydrogen-bond donors (Lipinski definition) is 0. The third-order valence-corrected chi connectivity index (χ3v) is 4.76. The van der Waals surface area contributed by atoms with Gasteiger partial charge in [-0.15, -0.1) is 0 Å². The van der Waals surface area contributed by atoms with E-state index in [4.69, 9.17) is 21.1 Å². The number of ether oxygens (including phenoxy) is 2. The molecule has 0 bridgehead atoms. The number of fused-ring (bicyclic) bond motifs is 2. The monoisotopic (exact) mass is 345 g/mol. The van der Waals surface area contributed by atoms with Crippen molar-refractivity contribution >= 4 is 11.6 Å². The second-order valence-corrected chi connectivity index (χ2v) is 7.02. The number of allylic oxidation sites excluding steroid dienone is 7. The summed E-state index contributed by atoms with van der Waals surface area (Å²) in [6.45, 7) is 3.50. The standard InChI is InChI=1S/C20H24ClNO2/c1-14(9-10-22(2)3)17-6-4-5-15-12-23-13-24-19-11-16(21)7-8-18(19)20(15)17/h4-5,7-8,11-12,19H,6,9-10,13H2,1-3H3. The second kappa shape index (κ2) is 7.56. The molecule has 0 spiro atoms. The summed E-state index contributed by atoms with van der Waals surface area (Å²) in [5.41, 5.74) is 6.29. The van der Waals surface area contributed by atoms with Crippen molar-refractivity contribution < 1.29 is 9.47 Å². The van der Waals surface area contributed by atoms with Gasteiger partial charge in [0.2, 0.25) is 0 Å². The summed E-state index contributed by atoms with van der Waals surface area (Å²) < 4.78 is 11.4. The van der Waals surface area contributed by atoms with Crippen molar-refractivity contribution in [1.82, 2.24) is 4.90 Å². The average Bonchev–Trinajstić information content (AvgIpc) is 2.54. The van der Waals surface area contributed by atoms with Crippen molar-refractivity contribution in [3.05, 3.63) is 69.5 Å². The molecule has 0 radical (unpaired) electrons. The SMILES string of the molecule is CC(CCN(C)C)=C1CC=CC2=COCOC3C=C(Cl)C=CC3=C21. The van der Waals surface area contributed by atoms with E-state index in [0.29, 0.717) is 5.03 Å². The van der Waals surface area contributed by atoms with E-state index in [-0.39, 0.29) is 12.9 Å². The van der Waals surface area contributed by atoms with E-state index >= 15 is 0 Å². The molecule has 0 amide bonds. The molecular weight excluding hydrogens is 322 g/mol. The third-order valence-electron chi connectivity index (χ3n) is 4.51. The normalized spacial score (nSPS) is 25.3. The zero-order valence-electron chi connectivity index (χ0n) is 14.5. The van der Waals surface area contributed by atoms with Gasteiger partial charge in [-0.25, -0.2) is 0 Å². The molecule has 4 heteroatoms. The van der Waals surface area contributed by atoms with Crippen LogP contribution in [0, 0.1) is 0 Å². The van der Waals surface area contributed by atoms with E-state index in [1.807, 2.05) is 12.2 Å². The Morgan fingerprint density at radius 2 is 2.12 bits per heavy atom. The predicted octanol–water partition coefficient (Wildman–Crippen LogP) is 4.46.